The van der Waals surface area contributed by atoms with E-state index in [1.807, 2.05) is 0 Å². The summed E-state index contributed by atoms with van der Waals surface area (Å²) in [7, 11) is 0. The van der Waals surface area contributed by atoms with E-state index < -0.39 is 17.6 Å². The van der Waals surface area contributed by atoms with E-state index >= 15 is 0 Å². The maximum Gasteiger partial charge on any atom is 0.418 e. The Balaban J connectivity index is 2.00. The van der Waals surface area contributed by atoms with E-state index in [-0.39, 0.29) is 11.7 Å². The molecule has 6 heteroatoms. The lowest BCUT2D eigenvalue weighted by atomic mass is 10.0. The molecule has 0 aromatic heterocycles. The van der Waals surface area contributed by atoms with Gasteiger partial charge in [0.15, 0.2) is 0 Å². The van der Waals surface area contributed by atoms with Crippen LogP contribution in [-0.4, -0.2) is 25.7 Å². The van der Waals surface area contributed by atoms with E-state index in [0.29, 0.717) is 25.1 Å². The molecule has 104 valence electrons. The van der Waals surface area contributed by atoms with Crippen LogP contribution in [0, 0.1) is 11.7 Å². The van der Waals surface area contributed by atoms with Crippen LogP contribution < -0.4 is 10.2 Å². The van der Waals surface area contributed by atoms with Gasteiger partial charge < -0.3 is 10.2 Å². The molecule has 1 aromatic carbocycles. The third kappa shape index (κ3) is 2.18. The van der Waals surface area contributed by atoms with Crippen LogP contribution in [0.4, 0.5) is 23.2 Å². The summed E-state index contributed by atoms with van der Waals surface area (Å²) < 4.78 is 52.2. The minimum absolute atomic E-state index is 0.0894. The highest BCUT2D eigenvalue weighted by atomic mass is 19.4. The molecule has 0 aliphatic carbocycles. The Bertz CT molecular complexity index is 486. The van der Waals surface area contributed by atoms with Gasteiger partial charge in [0.25, 0.3) is 0 Å². The summed E-state index contributed by atoms with van der Waals surface area (Å²) in [6.45, 7) is 2.15. The van der Waals surface area contributed by atoms with Crippen molar-refractivity contribution in [2.75, 3.05) is 24.5 Å². The van der Waals surface area contributed by atoms with Gasteiger partial charge in [-0.3, -0.25) is 0 Å². The fourth-order valence-corrected chi connectivity index (χ4v) is 3.13. The van der Waals surface area contributed by atoms with Crippen LogP contribution in [0.5, 0.6) is 0 Å². The van der Waals surface area contributed by atoms with Gasteiger partial charge in [0, 0.05) is 31.4 Å². The second kappa shape index (κ2) is 4.37. The van der Waals surface area contributed by atoms with Gasteiger partial charge in [-0.1, -0.05) is 0 Å². The molecule has 1 N–H and O–H groups in total. The van der Waals surface area contributed by atoms with Crippen LogP contribution in [-0.2, 0) is 6.18 Å². The molecular formula is C13H14F4N2. The number of hydrogen-bond donors (Lipinski definition) is 1. The maximum atomic E-state index is 13.1. The molecular weight excluding hydrogens is 260 g/mol. The maximum absolute atomic E-state index is 13.1. The van der Waals surface area contributed by atoms with Gasteiger partial charge in [-0.15, -0.1) is 0 Å². The van der Waals surface area contributed by atoms with Crippen LogP contribution in [0.15, 0.2) is 18.2 Å². The molecule has 2 saturated heterocycles. The van der Waals surface area contributed by atoms with Crippen LogP contribution in [0.2, 0.25) is 0 Å². The zero-order valence-electron chi connectivity index (χ0n) is 10.2. The Morgan fingerprint density at radius 3 is 2.74 bits per heavy atom. The highest BCUT2D eigenvalue weighted by Crippen LogP contribution is 2.41. The van der Waals surface area contributed by atoms with Gasteiger partial charge >= 0.3 is 6.18 Å². The highest BCUT2D eigenvalue weighted by Gasteiger charge is 2.42. The van der Waals surface area contributed by atoms with Gasteiger partial charge in [0.05, 0.1) is 5.56 Å². The predicted octanol–water partition coefficient (Wildman–Crippen LogP) is 2.64. The number of rotatable bonds is 1. The van der Waals surface area contributed by atoms with Crippen LogP contribution in [0.3, 0.4) is 0 Å². The second-order valence-corrected chi connectivity index (χ2v) is 5.13. The van der Waals surface area contributed by atoms with Crippen LogP contribution in [0.1, 0.15) is 12.0 Å². The van der Waals surface area contributed by atoms with Gasteiger partial charge in [-0.25, -0.2) is 4.39 Å². The Morgan fingerprint density at radius 1 is 1.21 bits per heavy atom. The van der Waals surface area contributed by atoms with E-state index in [4.69, 9.17) is 0 Å². The summed E-state index contributed by atoms with van der Waals surface area (Å²) in [6.07, 6.45) is -3.64. The standard InChI is InChI=1S/C13H14F4N2/c14-9-1-2-11(10(5-9)13(15,16)17)19-4-3-8-6-18-7-12(8)19/h1-2,5,8,12,18H,3-4,6-7H2. The molecule has 0 saturated carbocycles. The molecule has 2 fully saturated rings. The molecule has 3 rings (SSSR count). The molecule has 0 spiro atoms. The third-order valence-corrected chi connectivity index (χ3v) is 4.02. The van der Waals surface area contributed by atoms with E-state index in [1.54, 1.807) is 4.90 Å². The summed E-state index contributed by atoms with van der Waals surface area (Å²) in [5.74, 6) is -0.456. The average Bonchev–Trinajstić information content (AvgIpc) is 2.90. The minimum atomic E-state index is -4.53. The normalized spacial score (nSPS) is 26.8. The number of alkyl halides is 3. The van der Waals surface area contributed by atoms with Crippen molar-refractivity contribution in [3.05, 3.63) is 29.6 Å². The minimum Gasteiger partial charge on any atom is -0.366 e. The molecule has 2 unspecified atom stereocenters. The Labute approximate surface area is 108 Å². The number of anilines is 1. The monoisotopic (exact) mass is 274 g/mol. The quantitative estimate of drug-likeness (QED) is 0.792. The van der Waals surface area contributed by atoms with Crippen molar-refractivity contribution < 1.29 is 17.6 Å². The van der Waals surface area contributed by atoms with E-state index in [2.05, 4.69) is 5.32 Å². The van der Waals surface area contributed by atoms with Crippen molar-refractivity contribution in [3.8, 4) is 0 Å². The molecule has 2 nitrogen and oxygen atoms in total. The van der Waals surface area contributed by atoms with Crippen molar-refractivity contribution in [1.82, 2.24) is 5.32 Å². The zero-order chi connectivity index (χ0) is 13.6. The molecule has 2 aliphatic heterocycles. The number of nitrogens with one attached hydrogen (secondary N) is 1. The Kier molecular flexibility index (Phi) is 2.92. The van der Waals surface area contributed by atoms with E-state index in [0.717, 1.165) is 19.0 Å². The lowest BCUT2D eigenvalue weighted by Gasteiger charge is -2.28. The fourth-order valence-electron chi connectivity index (χ4n) is 3.13. The van der Waals surface area contributed by atoms with Crippen molar-refractivity contribution in [2.45, 2.75) is 18.6 Å². The third-order valence-electron chi connectivity index (χ3n) is 4.02. The first-order valence-electron chi connectivity index (χ1n) is 6.31. The van der Waals surface area contributed by atoms with E-state index in [1.165, 1.54) is 6.07 Å². The number of hydrogen-bond acceptors (Lipinski definition) is 2. The lowest BCUT2D eigenvalue weighted by molar-refractivity contribution is -0.137. The smallest absolute Gasteiger partial charge is 0.366 e. The molecule has 2 atom stereocenters. The summed E-state index contributed by atoms with van der Waals surface area (Å²) in [4.78, 5) is 1.77. The number of halogens is 4. The number of benzene rings is 1. The lowest BCUT2D eigenvalue weighted by Crippen LogP contribution is -2.35. The summed E-state index contributed by atoms with van der Waals surface area (Å²) in [6, 6.07) is 3.02. The van der Waals surface area contributed by atoms with Crippen LogP contribution >= 0.6 is 0 Å². The summed E-state index contributed by atoms with van der Waals surface area (Å²) in [5, 5.41) is 3.20. The fraction of sp³-hybridized carbons (Fsp3) is 0.538. The molecule has 0 bridgehead atoms. The average molecular weight is 274 g/mol. The highest BCUT2D eigenvalue weighted by molar-refractivity contribution is 5.57. The summed E-state index contributed by atoms with van der Waals surface area (Å²) >= 11 is 0. The van der Waals surface area contributed by atoms with Crippen molar-refractivity contribution in [1.29, 1.82) is 0 Å². The second-order valence-electron chi connectivity index (χ2n) is 5.13. The summed E-state index contributed by atoms with van der Waals surface area (Å²) in [5.41, 5.74) is -0.773. The van der Waals surface area contributed by atoms with Crippen molar-refractivity contribution in [3.63, 3.8) is 0 Å². The Hall–Kier alpha value is -1.30. The molecule has 2 aliphatic rings. The van der Waals surface area contributed by atoms with Gasteiger partial charge in [-0.05, 0) is 30.5 Å². The van der Waals surface area contributed by atoms with Crippen molar-refractivity contribution >= 4 is 5.69 Å². The molecule has 0 radical (unpaired) electrons. The number of nitrogens with zero attached hydrogens (tertiary/aromatic N) is 1. The van der Waals surface area contributed by atoms with Gasteiger partial charge in [-0.2, -0.15) is 13.2 Å². The first kappa shape index (κ1) is 12.7. The first-order valence-corrected chi connectivity index (χ1v) is 6.31. The van der Waals surface area contributed by atoms with E-state index in [9.17, 15) is 17.6 Å². The first-order chi connectivity index (χ1) is 8.97. The molecule has 19 heavy (non-hydrogen) atoms. The largest absolute Gasteiger partial charge is 0.418 e. The predicted molar refractivity (Wildman–Crippen MR) is 63.5 cm³/mol. The number of fused-ring (bicyclic) bond motifs is 1. The van der Waals surface area contributed by atoms with Gasteiger partial charge in [0.2, 0.25) is 0 Å². The SMILES string of the molecule is Fc1ccc(N2CCC3CNCC32)c(C(F)(F)F)c1. The zero-order valence-corrected chi connectivity index (χ0v) is 10.2. The van der Waals surface area contributed by atoms with Crippen molar-refractivity contribution in [2.24, 2.45) is 5.92 Å². The van der Waals surface area contributed by atoms with Gasteiger partial charge in [0.1, 0.15) is 5.82 Å². The molecule has 0 amide bonds. The molecule has 1 aromatic rings. The molecule has 2 heterocycles. The Morgan fingerprint density at radius 2 is 2.00 bits per heavy atom. The van der Waals surface area contributed by atoms with Crippen LogP contribution in [0.25, 0.3) is 0 Å². The topological polar surface area (TPSA) is 15.3 Å².